The van der Waals surface area contributed by atoms with E-state index in [2.05, 4.69) is 36.4 Å². The quantitative estimate of drug-likeness (QED) is 0.197. The van der Waals surface area contributed by atoms with Crippen molar-refractivity contribution in [2.45, 2.75) is 0 Å². The number of ketones is 2. The van der Waals surface area contributed by atoms with E-state index in [0.29, 0.717) is 22.3 Å². The van der Waals surface area contributed by atoms with Crippen molar-refractivity contribution < 1.29 is 9.59 Å². The number of rotatable bonds is 6. The molecule has 0 unspecified atom stereocenters. The molecule has 0 amide bonds. The molecule has 0 fully saturated rings. The molecule has 46 heavy (non-hydrogen) atoms. The fourth-order valence-corrected chi connectivity index (χ4v) is 5.87. The molecule has 7 rings (SSSR count). The van der Waals surface area contributed by atoms with Crippen LogP contribution in [0, 0.1) is 0 Å². The van der Waals surface area contributed by atoms with Crippen molar-refractivity contribution in [2.24, 2.45) is 0 Å². The van der Waals surface area contributed by atoms with Crippen molar-refractivity contribution >= 4 is 46.0 Å². The topological polar surface area (TPSA) is 34.1 Å². The zero-order chi connectivity index (χ0) is 31.3. The van der Waals surface area contributed by atoms with Crippen LogP contribution >= 0.6 is 0 Å². The van der Waals surface area contributed by atoms with Crippen LogP contribution in [0.4, 0.5) is 0 Å². The number of Topliss-reactive ketones (excluding diaryl/α,β-unsaturated/α-hetero) is 2. The van der Waals surface area contributed by atoms with E-state index in [4.69, 9.17) is 0 Å². The van der Waals surface area contributed by atoms with E-state index in [1.165, 1.54) is 0 Å². The van der Waals surface area contributed by atoms with Gasteiger partial charge in [-0.15, -0.1) is 0 Å². The van der Waals surface area contributed by atoms with Crippen LogP contribution in [-0.4, -0.2) is 11.6 Å². The highest BCUT2D eigenvalue weighted by Gasteiger charge is 2.24. The van der Waals surface area contributed by atoms with Crippen LogP contribution in [0.5, 0.6) is 0 Å². The summed E-state index contributed by atoms with van der Waals surface area (Å²) >= 11 is 0. The van der Waals surface area contributed by atoms with Gasteiger partial charge in [0.05, 0.1) is 0 Å². The zero-order valence-corrected chi connectivity index (χ0v) is 25.1. The first-order valence-corrected chi connectivity index (χ1v) is 15.3. The number of carbonyl (C=O) groups is 2. The second-order valence-electron chi connectivity index (χ2n) is 11.3. The molecular weight excluding hydrogens is 560 g/mol. The van der Waals surface area contributed by atoms with Crippen LogP contribution in [0.25, 0.3) is 34.4 Å². The lowest BCUT2D eigenvalue weighted by molar-refractivity contribution is -0.109. The minimum atomic E-state index is 0.0216. The molecule has 2 aliphatic rings. The summed E-state index contributed by atoms with van der Waals surface area (Å²) in [5.74, 6) is 0.0432. The third kappa shape index (κ3) is 6.10. The van der Waals surface area contributed by atoms with E-state index in [1.54, 1.807) is 0 Å². The maximum absolute atomic E-state index is 13.6. The Morgan fingerprint density at radius 3 is 0.783 bits per heavy atom. The van der Waals surface area contributed by atoms with Crippen molar-refractivity contribution in [3.8, 4) is 0 Å². The van der Waals surface area contributed by atoms with Gasteiger partial charge in [-0.2, -0.15) is 0 Å². The normalized spacial score (nSPS) is 14.6. The summed E-state index contributed by atoms with van der Waals surface area (Å²) in [7, 11) is 0. The maximum Gasteiger partial charge on any atom is 0.194 e. The first-order valence-electron chi connectivity index (χ1n) is 15.3. The molecule has 218 valence electrons. The Labute approximate surface area is 269 Å². The average Bonchev–Trinajstić information content (AvgIpc) is 3.12. The maximum atomic E-state index is 13.6. The van der Waals surface area contributed by atoms with E-state index >= 15 is 0 Å². The zero-order valence-electron chi connectivity index (χ0n) is 25.1. The van der Waals surface area contributed by atoms with E-state index < -0.39 is 0 Å². The molecule has 2 heteroatoms. The molecule has 2 nitrogen and oxygen atoms in total. The predicted octanol–water partition coefficient (Wildman–Crippen LogP) is 9.95. The summed E-state index contributed by atoms with van der Waals surface area (Å²) in [6, 6.07) is 47.6. The first-order chi connectivity index (χ1) is 22.6. The number of allylic oxidation sites excluding steroid dienone is 10. The number of hydrogen-bond acceptors (Lipinski definition) is 2. The Bertz CT molecular complexity index is 1830. The SMILES string of the molecule is O=C1C(c2ccccc2)=CC(=Cc2ccc(C=C3C=C(c4ccccc4)C(=O)C(c4ccccc4)=C3)cc2)C=C1c1ccccc1. The van der Waals surface area contributed by atoms with Gasteiger partial charge in [-0.05, 0) is 81.0 Å². The van der Waals surface area contributed by atoms with Crippen molar-refractivity contribution in [1.82, 2.24) is 0 Å². The third-order valence-corrected chi connectivity index (χ3v) is 8.16. The van der Waals surface area contributed by atoms with Gasteiger partial charge in [0.15, 0.2) is 11.6 Å². The summed E-state index contributed by atoms with van der Waals surface area (Å²) in [6.07, 6.45) is 12.1. The Hall–Kier alpha value is -6.12. The summed E-state index contributed by atoms with van der Waals surface area (Å²) in [5.41, 5.74) is 10.3. The summed E-state index contributed by atoms with van der Waals surface area (Å²) < 4.78 is 0. The smallest absolute Gasteiger partial charge is 0.194 e. The molecule has 0 N–H and O–H groups in total. The van der Waals surface area contributed by atoms with Crippen molar-refractivity contribution in [3.05, 3.63) is 214 Å². The number of hydrogen-bond donors (Lipinski definition) is 0. The largest absolute Gasteiger partial charge is 0.289 e. The summed E-state index contributed by atoms with van der Waals surface area (Å²) in [5, 5.41) is 0. The minimum absolute atomic E-state index is 0.0216. The van der Waals surface area contributed by atoms with Crippen LogP contribution in [0.2, 0.25) is 0 Å². The summed E-state index contributed by atoms with van der Waals surface area (Å²) in [4.78, 5) is 27.2. The molecule has 0 bridgehead atoms. The average molecular weight is 591 g/mol. The van der Waals surface area contributed by atoms with Gasteiger partial charge in [-0.1, -0.05) is 146 Å². The number of benzene rings is 5. The molecule has 0 saturated heterocycles. The molecule has 0 radical (unpaired) electrons. The highest BCUT2D eigenvalue weighted by Crippen LogP contribution is 2.34. The van der Waals surface area contributed by atoms with Gasteiger partial charge in [0.2, 0.25) is 0 Å². The highest BCUT2D eigenvalue weighted by atomic mass is 16.1. The second-order valence-corrected chi connectivity index (χ2v) is 11.3. The van der Waals surface area contributed by atoms with E-state index in [0.717, 1.165) is 44.5 Å². The highest BCUT2D eigenvalue weighted by molar-refractivity contribution is 6.44. The van der Waals surface area contributed by atoms with E-state index in [1.807, 2.05) is 146 Å². The third-order valence-electron chi connectivity index (χ3n) is 8.16. The van der Waals surface area contributed by atoms with Crippen molar-refractivity contribution in [3.63, 3.8) is 0 Å². The molecule has 0 heterocycles. The Kier molecular flexibility index (Phi) is 8.00. The summed E-state index contributed by atoms with van der Waals surface area (Å²) in [6.45, 7) is 0. The molecule has 0 saturated carbocycles. The molecule has 5 aromatic rings. The van der Waals surface area contributed by atoms with Gasteiger partial charge in [-0.3, -0.25) is 9.59 Å². The van der Waals surface area contributed by atoms with Gasteiger partial charge in [-0.25, -0.2) is 0 Å². The minimum Gasteiger partial charge on any atom is -0.289 e. The van der Waals surface area contributed by atoms with Gasteiger partial charge in [0, 0.05) is 22.3 Å². The van der Waals surface area contributed by atoms with Gasteiger partial charge in [0.25, 0.3) is 0 Å². The lowest BCUT2D eigenvalue weighted by atomic mass is 9.85. The standard InChI is InChI=1S/C44H30O2/c45-43-39(35-13-5-1-6-14-35)27-33(28-40(43)36-15-7-2-8-16-36)25-31-21-23-32(24-22-31)26-34-29-41(37-17-9-3-10-18-37)44(46)42(30-34)38-19-11-4-12-20-38/h1-30H. The van der Waals surface area contributed by atoms with Crippen molar-refractivity contribution in [2.75, 3.05) is 0 Å². The van der Waals surface area contributed by atoms with Crippen LogP contribution in [0.3, 0.4) is 0 Å². The lowest BCUT2D eigenvalue weighted by Gasteiger charge is -2.17. The van der Waals surface area contributed by atoms with E-state index in [-0.39, 0.29) is 11.6 Å². The van der Waals surface area contributed by atoms with Crippen LogP contribution in [0.1, 0.15) is 33.4 Å². The Morgan fingerprint density at radius 2 is 0.543 bits per heavy atom. The van der Waals surface area contributed by atoms with Gasteiger partial charge < -0.3 is 0 Å². The lowest BCUT2D eigenvalue weighted by Crippen LogP contribution is -2.09. The number of carbonyl (C=O) groups excluding carboxylic acids is 2. The van der Waals surface area contributed by atoms with Crippen LogP contribution < -0.4 is 0 Å². The molecule has 0 aromatic heterocycles. The molecule has 2 aliphatic carbocycles. The Morgan fingerprint density at radius 1 is 0.304 bits per heavy atom. The Balaban J connectivity index is 1.24. The fraction of sp³-hybridized carbons (Fsp3) is 0. The predicted molar refractivity (Wildman–Crippen MR) is 190 cm³/mol. The molecule has 0 spiro atoms. The molecular formula is C44H30O2. The fourth-order valence-electron chi connectivity index (χ4n) is 5.87. The molecule has 5 aromatic carbocycles. The van der Waals surface area contributed by atoms with Crippen molar-refractivity contribution in [1.29, 1.82) is 0 Å². The molecule has 0 aliphatic heterocycles. The van der Waals surface area contributed by atoms with E-state index in [9.17, 15) is 9.59 Å². The monoisotopic (exact) mass is 590 g/mol. The van der Waals surface area contributed by atoms with Crippen LogP contribution in [0.15, 0.2) is 181 Å². The van der Waals surface area contributed by atoms with Gasteiger partial charge in [0.1, 0.15) is 0 Å². The van der Waals surface area contributed by atoms with Gasteiger partial charge >= 0.3 is 0 Å². The first kappa shape index (κ1) is 28.6. The van der Waals surface area contributed by atoms with Crippen LogP contribution in [-0.2, 0) is 9.59 Å². The second kappa shape index (κ2) is 12.9. The molecule has 0 atom stereocenters.